The van der Waals surface area contributed by atoms with Crippen molar-refractivity contribution in [2.45, 2.75) is 0 Å². The van der Waals surface area contributed by atoms with E-state index in [0.717, 1.165) is 0 Å². The van der Waals surface area contributed by atoms with E-state index in [1.165, 1.54) is 0 Å². The summed E-state index contributed by atoms with van der Waals surface area (Å²) in [6.45, 7) is 0. The maximum absolute atomic E-state index is 8.15. The molecule has 1 N–H and O–H groups in total. The SMILES string of the molecule is Oc1[c]non1. The van der Waals surface area contributed by atoms with Crippen LogP contribution < -0.4 is 0 Å². The molecular formula is C2HN2O2. The van der Waals surface area contributed by atoms with Crippen LogP contribution in [-0.4, -0.2) is 15.4 Å². The minimum atomic E-state index is -0.310. The van der Waals surface area contributed by atoms with Crippen molar-refractivity contribution in [3.05, 3.63) is 6.20 Å². The first-order chi connectivity index (χ1) is 2.89. The van der Waals surface area contributed by atoms with Crippen molar-refractivity contribution in [2.24, 2.45) is 0 Å². The molecule has 0 saturated heterocycles. The van der Waals surface area contributed by atoms with Gasteiger partial charge in [-0.05, 0) is 10.3 Å². The highest BCUT2D eigenvalue weighted by atomic mass is 16.6. The van der Waals surface area contributed by atoms with Gasteiger partial charge in [-0.3, -0.25) is 0 Å². The second-order valence-corrected chi connectivity index (χ2v) is 0.700. The van der Waals surface area contributed by atoms with Crippen LogP contribution in [0.4, 0.5) is 0 Å². The first kappa shape index (κ1) is 3.14. The van der Waals surface area contributed by atoms with Crippen LogP contribution in [0.5, 0.6) is 5.88 Å². The molecule has 1 aromatic rings. The minimum Gasteiger partial charge on any atom is -0.489 e. The Kier molecular flexibility index (Phi) is 0.506. The van der Waals surface area contributed by atoms with E-state index in [0.29, 0.717) is 0 Å². The normalized spacial score (nSPS) is 8.67. The maximum atomic E-state index is 8.15. The van der Waals surface area contributed by atoms with Gasteiger partial charge in [-0.2, -0.15) is 0 Å². The second-order valence-electron chi connectivity index (χ2n) is 0.700. The van der Waals surface area contributed by atoms with E-state index in [1.54, 1.807) is 0 Å². The highest BCUT2D eigenvalue weighted by Gasteiger charge is 1.85. The van der Waals surface area contributed by atoms with E-state index in [-0.39, 0.29) is 5.88 Å². The van der Waals surface area contributed by atoms with Gasteiger partial charge in [-0.15, -0.1) is 0 Å². The summed E-state index contributed by atoms with van der Waals surface area (Å²) in [6.07, 6.45) is 2.03. The molecule has 0 aliphatic carbocycles. The Morgan fingerprint density at radius 2 is 2.67 bits per heavy atom. The highest BCUT2D eigenvalue weighted by molar-refractivity contribution is 4.88. The molecule has 0 bridgehead atoms. The fourth-order valence-corrected chi connectivity index (χ4v) is 0.141. The maximum Gasteiger partial charge on any atom is 0.283 e. The predicted molar refractivity (Wildman–Crippen MR) is 14.8 cm³/mol. The molecule has 0 aromatic carbocycles. The summed E-state index contributed by atoms with van der Waals surface area (Å²) in [5.74, 6) is -0.310. The summed E-state index contributed by atoms with van der Waals surface area (Å²) >= 11 is 0. The van der Waals surface area contributed by atoms with Crippen LogP contribution in [0.15, 0.2) is 4.63 Å². The van der Waals surface area contributed by atoms with Crippen LogP contribution in [0.2, 0.25) is 0 Å². The fraction of sp³-hybridized carbons (Fsp3) is 0. The van der Waals surface area contributed by atoms with Crippen LogP contribution in [0.1, 0.15) is 0 Å². The van der Waals surface area contributed by atoms with Crippen molar-refractivity contribution in [1.82, 2.24) is 10.3 Å². The largest absolute Gasteiger partial charge is 0.489 e. The average Bonchev–Trinajstić information content (AvgIpc) is 1.86. The number of aromatic nitrogens is 2. The number of hydrogen-bond acceptors (Lipinski definition) is 4. The lowest BCUT2D eigenvalue weighted by molar-refractivity contribution is 0.286. The number of rotatable bonds is 0. The molecule has 31 valence electrons. The monoisotopic (exact) mass is 85.0 g/mol. The first-order valence-electron chi connectivity index (χ1n) is 1.29. The van der Waals surface area contributed by atoms with E-state index in [1.807, 2.05) is 6.20 Å². The molecule has 0 aliphatic heterocycles. The molecule has 1 rings (SSSR count). The van der Waals surface area contributed by atoms with Crippen molar-refractivity contribution in [3.63, 3.8) is 0 Å². The van der Waals surface area contributed by atoms with Gasteiger partial charge in [0.1, 0.15) is 0 Å². The minimum absolute atomic E-state index is 0.310. The van der Waals surface area contributed by atoms with Crippen molar-refractivity contribution < 1.29 is 9.74 Å². The summed E-state index contributed by atoms with van der Waals surface area (Å²) in [7, 11) is 0. The Balaban J connectivity index is 3.05. The van der Waals surface area contributed by atoms with Gasteiger partial charge in [-0.1, -0.05) is 0 Å². The molecule has 1 heterocycles. The molecule has 0 saturated carbocycles. The topological polar surface area (TPSA) is 59.2 Å². The zero-order valence-corrected chi connectivity index (χ0v) is 2.75. The Morgan fingerprint density at radius 3 is 2.83 bits per heavy atom. The fourth-order valence-electron chi connectivity index (χ4n) is 0.141. The Labute approximate surface area is 33.4 Å². The zero-order valence-electron chi connectivity index (χ0n) is 2.75. The molecule has 0 atom stereocenters. The average molecular weight is 85.0 g/mol. The van der Waals surface area contributed by atoms with Crippen LogP contribution in [0.25, 0.3) is 0 Å². The predicted octanol–water partition coefficient (Wildman–Crippen LogP) is -0.425. The number of nitrogens with zero attached hydrogens (tertiary/aromatic N) is 2. The molecule has 6 heavy (non-hydrogen) atoms. The van der Waals surface area contributed by atoms with Crippen LogP contribution in [0.3, 0.4) is 0 Å². The molecule has 1 aromatic heterocycles. The third-order valence-electron chi connectivity index (χ3n) is 0.314. The van der Waals surface area contributed by atoms with Gasteiger partial charge >= 0.3 is 0 Å². The lowest BCUT2D eigenvalue weighted by Gasteiger charge is -1.60. The van der Waals surface area contributed by atoms with E-state index in [9.17, 15) is 0 Å². The van der Waals surface area contributed by atoms with Gasteiger partial charge in [0.25, 0.3) is 5.88 Å². The van der Waals surface area contributed by atoms with Crippen LogP contribution in [0, 0.1) is 6.20 Å². The van der Waals surface area contributed by atoms with Gasteiger partial charge in [0, 0.05) is 0 Å². The highest BCUT2D eigenvalue weighted by Crippen LogP contribution is 1.92. The van der Waals surface area contributed by atoms with Crippen molar-refractivity contribution in [1.29, 1.82) is 0 Å². The van der Waals surface area contributed by atoms with Gasteiger partial charge in [0.05, 0.1) is 0 Å². The smallest absolute Gasteiger partial charge is 0.283 e. The van der Waals surface area contributed by atoms with Gasteiger partial charge in [0.15, 0.2) is 0 Å². The molecule has 0 unspecified atom stereocenters. The standard InChI is InChI=1S/C2HN2O2/c5-2-1-3-6-4-2/h(H,4,5). The van der Waals surface area contributed by atoms with Gasteiger partial charge in [0.2, 0.25) is 6.20 Å². The van der Waals surface area contributed by atoms with E-state index >= 15 is 0 Å². The molecule has 1 radical (unpaired) electrons. The number of hydrogen-bond donors (Lipinski definition) is 1. The quantitative estimate of drug-likeness (QED) is 0.464. The molecule has 4 nitrogen and oxygen atoms in total. The van der Waals surface area contributed by atoms with Crippen molar-refractivity contribution >= 4 is 0 Å². The Bertz CT molecular complexity index is 113. The van der Waals surface area contributed by atoms with Crippen LogP contribution >= 0.6 is 0 Å². The summed E-state index contributed by atoms with van der Waals surface area (Å²) in [4.78, 5) is 0. The number of aromatic hydroxyl groups is 1. The lowest BCUT2D eigenvalue weighted by atomic mass is 10.9. The van der Waals surface area contributed by atoms with E-state index < -0.39 is 0 Å². The molecule has 0 fully saturated rings. The summed E-state index contributed by atoms with van der Waals surface area (Å²) in [6, 6.07) is 0. The molecular weight excluding hydrogens is 84.0 g/mol. The molecule has 0 spiro atoms. The Morgan fingerprint density at radius 1 is 1.83 bits per heavy atom. The first-order valence-corrected chi connectivity index (χ1v) is 1.29. The van der Waals surface area contributed by atoms with Gasteiger partial charge < -0.3 is 5.11 Å². The summed E-state index contributed by atoms with van der Waals surface area (Å²) in [5.41, 5.74) is 0. The van der Waals surface area contributed by atoms with E-state index in [2.05, 4.69) is 14.9 Å². The molecule has 0 amide bonds. The zero-order chi connectivity index (χ0) is 4.41. The summed E-state index contributed by atoms with van der Waals surface area (Å²) < 4.78 is 3.91. The molecule has 4 heteroatoms. The Hall–Kier alpha value is -1.06. The third kappa shape index (κ3) is 0.314. The van der Waals surface area contributed by atoms with Crippen molar-refractivity contribution in [3.8, 4) is 5.88 Å². The summed E-state index contributed by atoms with van der Waals surface area (Å²) in [5, 5.41) is 14.0. The molecule has 0 aliphatic rings. The second kappa shape index (κ2) is 0.965. The third-order valence-corrected chi connectivity index (χ3v) is 0.314. The van der Waals surface area contributed by atoms with E-state index in [4.69, 9.17) is 5.11 Å². The van der Waals surface area contributed by atoms with Gasteiger partial charge in [-0.25, -0.2) is 4.63 Å². The van der Waals surface area contributed by atoms with Crippen LogP contribution in [-0.2, 0) is 0 Å². The lowest BCUT2D eigenvalue weighted by Crippen LogP contribution is -1.52. The van der Waals surface area contributed by atoms with Crippen molar-refractivity contribution in [2.75, 3.05) is 0 Å².